The van der Waals surface area contributed by atoms with Gasteiger partial charge in [0, 0.05) is 24.3 Å². The maximum Gasteiger partial charge on any atom is 0.338 e. The molecule has 0 saturated carbocycles. The van der Waals surface area contributed by atoms with Gasteiger partial charge in [0.05, 0.1) is 17.9 Å². The molecule has 2 heterocycles. The van der Waals surface area contributed by atoms with Crippen molar-refractivity contribution in [2.45, 2.75) is 26.7 Å². The molecule has 3 amide bonds. The molecule has 0 aromatic heterocycles. The quantitative estimate of drug-likeness (QED) is 0.477. The largest absolute Gasteiger partial charge is 0.462 e. The number of likely N-dealkylation sites (tertiary alicyclic amines) is 1. The van der Waals surface area contributed by atoms with Crippen LogP contribution in [0.5, 0.6) is 0 Å². The molecule has 2 aliphatic heterocycles. The Morgan fingerprint density at radius 1 is 0.971 bits per heavy atom. The lowest BCUT2D eigenvalue weighted by Gasteiger charge is -2.30. The molecule has 2 aromatic carbocycles. The summed E-state index contributed by atoms with van der Waals surface area (Å²) >= 11 is 6.21. The van der Waals surface area contributed by atoms with E-state index in [9.17, 15) is 19.2 Å². The normalized spacial score (nSPS) is 16.7. The van der Waals surface area contributed by atoms with Crippen LogP contribution in [-0.4, -0.2) is 48.3 Å². The number of nitrogens with one attached hydrogen (secondary N) is 1. The van der Waals surface area contributed by atoms with Gasteiger partial charge in [0.2, 0.25) is 0 Å². The second-order valence-electron chi connectivity index (χ2n) is 8.58. The Morgan fingerprint density at radius 2 is 1.57 bits per heavy atom. The number of esters is 1. The summed E-state index contributed by atoms with van der Waals surface area (Å²) in [6, 6.07) is 12.6. The van der Waals surface area contributed by atoms with Gasteiger partial charge in [0.25, 0.3) is 17.7 Å². The highest BCUT2D eigenvalue weighted by molar-refractivity contribution is 6.53. The first-order valence-corrected chi connectivity index (χ1v) is 11.9. The second kappa shape index (κ2) is 10.3. The van der Waals surface area contributed by atoms with Crippen molar-refractivity contribution in [1.29, 1.82) is 0 Å². The van der Waals surface area contributed by atoms with Crippen molar-refractivity contribution in [3.8, 4) is 0 Å². The van der Waals surface area contributed by atoms with Crippen molar-refractivity contribution >= 4 is 46.7 Å². The van der Waals surface area contributed by atoms with Crippen molar-refractivity contribution in [2.24, 2.45) is 5.92 Å². The Hall–Kier alpha value is -3.65. The maximum atomic E-state index is 13.0. The fraction of sp³-hybridized carbons (Fsp3) is 0.308. The molecule has 0 atom stereocenters. The molecule has 9 heteroatoms. The molecule has 0 bridgehead atoms. The van der Waals surface area contributed by atoms with E-state index in [2.05, 4.69) is 12.2 Å². The predicted octanol–water partition coefficient (Wildman–Crippen LogP) is 4.17. The standard InChI is InChI=1S/C26H26ClN3O5/c1-3-35-26(34)18-6-10-20(11-7-18)30-24(32)21(27)22(25(30)33)28-19-8-4-17(5-9-19)23(31)29-14-12-16(2)13-15-29/h4-11,16,28H,3,12-15H2,1-2H3. The van der Waals surface area contributed by atoms with E-state index in [-0.39, 0.29) is 28.9 Å². The molecule has 1 N–H and O–H groups in total. The average Bonchev–Trinajstić information content (AvgIpc) is 3.08. The zero-order valence-electron chi connectivity index (χ0n) is 19.5. The summed E-state index contributed by atoms with van der Waals surface area (Å²) in [5.41, 5.74) is 1.60. The summed E-state index contributed by atoms with van der Waals surface area (Å²) in [4.78, 5) is 53.1. The van der Waals surface area contributed by atoms with Crippen molar-refractivity contribution < 1.29 is 23.9 Å². The lowest BCUT2D eigenvalue weighted by Crippen LogP contribution is -2.37. The van der Waals surface area contributed by atoms with Crippen LogP contribution in [0.4, 0.5) is 11.4 Å². The zero-order valence-corrected chi connectivity index (χ0v) is 20.3. The Morgan fingerprint density at radius 3 is 2.17 bits per heavy atom. The molecular weight excluding hydrogens is 470 g/mol. The van der Waals surface area contributed by atoms with E-state index in [1.165, 1.54) is 24.3 Å². The number of anilines is 2. The fourth-order valence-corrected chi connectivity index (χ4v) is 4.25. The van der Waals surface area contributed by atoms with Crippen LogP contribution in [0.15, 0.2) is 59.3 Å². The number of nitrogens with zero attached hydrogens (tertiary/aromatic N) is 2. The highest BCUT2D eigenvalue weighted by Crippen LogP contribution is 2.30. The number of imide groups is 1. The van der Waals surface area contributed by atoms with Crippen LogP contribution in [0.2, 0.25) is 0 Å². The minimum absolute atomic E-state index is 0.0229. The third kappa shape index (κ3) is 5.07. The van der Waals surface area contributed by atoms with Crippen molar-refractivity contribution in [1.82, 2.24) is 4.90 Å². The summed E-state index contributed by atoms with van der Waals surface area (Å²) in [5.74, 6) is -1.18. The van der Waals surface area contributed by atoms with E-state index in [1.807, 2.05) is 4.90 Å². The van der Waals surface area contributed by atoms with Crippen LogP contribution < -0.4 is 10.2 Å². The third-order valence-electron chi connectivity index (χ3n) is 6.14. The predicted molar refractivity (Wildman–Crippen MR) is 132 cm³/mol. The molecule has 0 aliphatic carbocycles. The average molecular weight is 496 g/mol. The summed E-state index contributed by atoms with van der Waals surface area (Å²) in [6.07, 6.45) is 1.99. The SMILES string of the molecule is CCOC(=O)c1ccc(N2C(=O)C(Cl)=C(Nc3ccc(C(=O)N4CCC(C)CC4)cc3)C2=O)cc1. The van der Waals surface area contributed by atoms with Gasteiger partial charge < -0.3 is 15.0 Å². The highest BCUT2D eigenvalue weighted by atomic mass is 35.5. The van der Waals surface area contributed by atoms with Gasteiger partial charge in [-0.15, -0.1) is 0 Å². The number of carbonyl (C=O) groups is 4. The molecular formula is C26H26ClN3O5. The number of hydrogen-bond acceptors (Lipinski definition) is 6. The van der Waals surface area contributed by atoms with E-state index in [0.29, 0.717) is 22.7 Å². The molecule has 0 unspecified atom stereocenters. The van der Waals surface area contributed by atoms with Gasteiger partial charge in [0.15, 0.2) is 0 Å². The number of piperidine rings is 1. The van der Waals surface area contributed by atoms with E-state index in [4.69, 9.17) is 16.3 Å². The molecule has 2 aromatic rings. The lowest BCUT2D eigenvalue weighted by molar-refractivity contribution is -0.120. The van der Waals surface area contributed by atoms with Gasteiger partial charge in [-0.2, -0.15) is 0 Å². The van der Waals surface area contributed by atoms with Crippen LogP contribution in [-0.2, 0) is 14.3 Å². The zero-order chi connectivity index (χ0) is 25.1. The summed E-state index contributed by atoms with van der Waals surface area (Å²) in [5, 5.41) is 2.66. The lowest BCUT2D eigenvalue weighted by atomic mass is 9.98. The summed E-state index contributed by atoms with van der Waals surface area (Å²) < 4.78 is 4.95. The molecule has 1 fully saturated rings. The Bertz CT molecular complexity index is 1180. The Labute approximate surface area is 208 Å². The molecule has 8 nitrogen and oxygen atoms in total. The number of halogens is 1. The van der Waals surface area contributed by atoms with E-state index in [0.717, 1.165) is 30.8 Å². The molecule has 4 rings (SSSR count). The first kappa shape index (κ1) is 24.5. The van der Waals surface area contributed by atoms with Gasteiger partial charge in [0.1, 0.15) is 10.7 Å². The van der Waals surface area contributed by atoms with Gasteiger partial charge in [-0.3, -0.25) is 14.4 Å². The van der Waals surface area contributed by atoms with Crippen molar-refractivity contribution in [3.05, 3.63) is 70.4 Å². The molecule has 35 heavy (non-hydrogen) atoms. The topological polar surface area (TPSA) is 96.0 Å². The van der Waals surface area contributed by atoms with E-state index < -0.39 is 17.8 Å². The summed E-state index contributed by atoms with van der Waals surface area (Å²) in [6.45, 7) is 5.63. The molecule has 2 aliphatic rings. The van der Waals surface area contributed by atoms with Crippen LogP contribution >= 0.6 is 11.6 Å². The number of rotatable bonds is 6. The molecule has 1 saturated heterocycles. The molecule has 0 radical (unpaired) electrons. The number of ether oxygens (including phenoxy) is 1. The minimum Gasteiger partial charge on any atom is -0.462 e. The molecule has 182 valence electrons. The second-order valence-corrected chi connectivity index (χ2v) is 8.96. The number of benzene rings is 2. The number of amides is 3. The Balaban J connectivity index is 1.45. The van der Waals surface area contributed by atoms with Crippen LogP contribution in [0.25, 0.3) is 0 Å². The minimum atomic E-state index is -0.672. The maximum absolute atomic E-state index is 13.0. The first-order chi connectivity index (χ1) is 16.8. The summed E-state index contributed by atoms with van der Waals surface area (Å²) in [7, 11) is 0. The molecule has 0 spiro atoms. The van der Waals surface area contributed by atoms with Gasteiger partial charge in [-0.05, 0) is 74.2 Å². The monoisotopic (exact) mass is 495 g/mol. The van der Waals surface area contributed by atoms with Gasteiger partial charge >= 0.3 is 5.97 Å². The van der Waals surface area contributed by atoms with E-state index >= 15 is 0 Å². The van der Waals surface area contributed by atoms with Crippen LogP contribution in [0, 0.1) is 5.92 Å². The number of carbonyl (C=O) groups excluding carboxylic acids is 4. The van der Waals surface area contributed by atoms with Crippen molar-refractivity contribution in [3.63, 3.8) is 0 Å². The first-order valence-electron chi connectivity index (χ1n) is 11.5. The Kier molecular flexibility index (Phi) is 7.21. The van der Waals surface area contributed by atoms with Gasteiger partial charge in [-0.1, -0.05) is 18.5 Å². The van der Waals surface area contributed by atoms with E-state index in [1.54, 1.807) is 31.2 Å². The smallest absolute Gasteiger partial charge is 0.338 e. The van der Waals surface area contributed by atoms with Crippen LogP contribution in [0.3, 0.4) is 0 Å². The van der Waals surface area contributed by atoms with Crippen LogP contribution in [0.1, 0.15) is 47.4 Å². The third-order valence-corrected chi connectivity index (χ3v) is 6.49. The highest BCUT2D eigenvalue weighted by Gasteiger charge is 2.39. The van der Waals surface area contributed by atoms with Crippen molar-refractivity contribution in [2.75, 3.05) is 29.9 Å². The number of hydrogen-bond donors (Lipinski definition) is 1. The van der Waals surface area contributed by atoms with Gasteiger partial charge in [-0.25, -0.2) is 9.69 Å². The fourth-order valence-electron chi connectivity index (χ4n) is 4.04.